The largest absolute Gasteiger partial charge is 0.418 e. The van der Waals surface area contributed by atoms with Crippen molar-refractivity contribution in [1.29, 1.82) is 0 Å². The molecule has 0 fully saturated rings. The molecule has 134 valence electrons. The third-order valence-electron chi connectivity index (χ3n) is 3.62. The Morgan fingerprint density at radius 1 is 0.808 bits per heavy atom. The minimum atomic E-state index is -4.45. The summed E-state index contributed by atoms with van der Waals surface area (Å²) in [4.78, 5) is 8.47. The van der Waals surface area contributed by atoms with Gasteiger partial charge in [0.05, 0.1) is 11.3 Å². The number of hydrogen-bond donors (Lipinski definition) is 2. The summed E-state index contributed by atoms with van der Waals surface area (Å²) < 4.78 is 39.4. The molecule has 3 rings (SSSR count). The van der Waals surface area contributed by atoms with Gasteiger partial charge in [0.1, 0.15) is 17.5 Å². The van der Waals surface area contributed by atoms with Gasteiger partial charge in [-0.25, -0.2) is 9.97 Å². The Morgan fingerprint density at radius 2 is 1.50 bits per heavy atom. The first-order valence-electron chi connectivity index (χ1n) is 7.94. The van der Waals surface area contributed by atoms with E-state index in [0.717, 1.165) is 17.3 Å². The summed E-state index contributed by atoms with van der Waals surface area (Å²) in [6.07, 6.45) is -4.45. The molecule has 1 aromatic heterocycles. The van der Waals surface area contributed by atoms with Crippen LogP contribution in [-0.2, 0) is 6.18 Å². The van der Waals surface area contributed by atoms with Crippen LogP contribution in [0.15, 0.2) is 54.6 Å². The maximum Gasteiger partial charge on any atom is 0.418 e. The van der Waals surface area contributed by atoms with E-state index in [1.165, 1.54) is 18.2 Å². The van der Waals surface area contributed by atoms with Crippen LogP contribution in [0.3, 0.4) is 0 Å². The second kappa shape index (κ2) is 7.03. The third kappa shape index (κ3) is 4.30. The highest BCUT2D eigenvalue weighted by molar-refractivity contribution is 5.65. The molecule has 4 nitrogen and oxygen atoms in total. The highest BCUT2D eigenvalue weighted by Crippen LogP contribution is 2.35. The zero-order valence-electron chi connectivity index (χ0n) is 14.2. The summed E-state index contributed by atoms with van der Waals surface area (Å²) in [5, 5.41) is 5.89. The van der Waals surface area contributed by atoms with E-state index >= 15 is 0 Å². The number of aromatic nitrogens is 2. The van der Waals surface area contributed by atoms with Crippen LogP contribution in [0.4, 0.5) is 36.2 Å². The van der Waals surface area contributed by atoms with Gasteiger partial charge in [-0.05, 0) is 43.7 Å². The van der Waals surface area contributed by atoms with Crippen molar-refractivity contribution in [3.8, 4) is 0 Å². The summed E-state index contributed by atoms with van der Waals surface area (Å²) in [7, 11) is 0. The van der Waals surface area contributed by atoms with Gasteiger partial charge in [-0.1, -0.05) is 24.3 Å². The lowest BCUT2D eigenvalue weighted by molar-refractivity contribution is -0.136. The maximum atomic E-state index is 13.1. The molecule has 0 aliphatic rings. The Morgan fingerprint density at radius 3 is 2.19 bits per heavy atom. The highest BCUT2D eigenvalue weighted by Gasteiger charge is 2.33. The first-order valence-corrected chi connectivity index (χ1v) is 7.94. The number of aryl methyl sites for hydroxylation is 2. The molecule has 0 atom stereocenters. The molecule has 0 saturated carbocycles. The number of halogens is 3. The van der Waals surface area contributed by atoms with Gasteiger partial charge in [0.15, 0.2) is 0 Å². The van der Waals surface area contributed by atoms with E-state index in [9.17, 15) is 13.2 Å². The molecule has 0 aliphatic carbocycles. The standard InChI is InChI=1S/C19H17F3N4/c1-12-6-5-7-14(10-12)25-17-11-18(24-13(2)23-17)26-16-9-4-3-8-15(16)19(20,21)22/h3-11H,1-2H3,(H2,23,24,25,26). The summed E-state index contributed by atoms with van der Waals surface area (Å²) in [5.41, 5.74) is 1.12. The van der Waals surface area contributed by atoms with Crippen LogP contribution in [0, 0.1) is 13.8 Å². The first-order chi connectivity index (χ1) is 12.3. The molecule has 2 aromatic carbocycles. The molecule has 26 heavy (non-hydrogen) atoms. The van der Waals surface area contributed by atoms with Crippen molar-refractivity contribution in [3.05, 3.63) is 71.5 Å². The molecule has 0 bridgehead atoms. The average Bonchev–Trinajstić information content (AvgIpc) is 2.54. The second-order valence-electron chi connectivity index (χ2n) is 5.85. The van der Waals surface area contributed by atoms with Crippen LogP contribution >= 0.6 is 0 Å². The predicted octanol–water partition coefficient (Wildman–Crippen LogP) is 5.60. The lowest BCUT2D eigenvalue weighted by Gasteiger charge is -2.15. The van der Waals surface area contributed by atoms with Gasteiger partial charge < -0.3 is 10.6 Å². The maximum absolute atomic E-state index is 13.1. The Bertz CT molecular complexity index is 923. The molecule has 0 aliphatic heterocycles. The van der Waals surface area contributed by atoms with Crippen molar-refractivity contribution in [3.63, 3.8) is 0 Å². The molecular weight excluding hydrogens is 341 g/mol. The van der Waals surface area contributed by atoms with Crippen molar-refractivity contribution in [2.24, 2.45) is 0 Å². The number of hydrogen-bond acceptors (Lipinski definition) is 4. The van der Waals surface area contributed by atoms with Crippen molar-refractivity contribution >= 4 is 23.0 Å². The minimum Gasteiger partial charge on any atom is -0.340 e. The summed E-state index contributed by atoms with van der Waals surface area (Å²) in [6.45, 7) is 3.65. The number of alkyl halides is 3. The zero-order chi connectivity index (χ0) is 18.7. The van der Waals surface area contributed by atoms with Crippen molar-refractivity contribution in [1.82, 2.24) is 9.97 Å². The van der Waals surface area contributed by atoms with Crippen molar-refractivity contribution in [2.75, 3.05) is 10.6 Å². The summed E-state index contributed by atoms with van der Waals surface area (Å²) in [5.74, 6) is 1.22. The Labute approximate surface area is 149 Å². The Hall–Kier alpha value is -3.09. The smallest absolute Gasteiger partial charge is 0.340 e. The van der Waals surface area contributed by atoms with E-state index in [0.29, 0.717) is 11.6 Å². The van der Waals surface area contributed by atoms with Crippen LogP contribution in [0.2, 0.25) is 0 Å². The van der Waals surface area contributed by atoms with Gasteiger partial charge in [-0.3, -0.25) is 0 Å². The van der Waals surface area contributed by atoms with Gasteiger partial charge in [0, 0.05) is 11.8 Å². The van der Waals surface area contributed by atoms with Gasteiger partial charge in [-0.2, -0.15) is 13.2 Å². The molecule has 0 amide bonds. The van der Waals surface area contributed by atoms with Crippen LogP contribution in [-0.4, -0.2) is 9.97 Å². The molecule has 0 spiro atoms. The number of nitrogens with zero attached hydrogens (tertiary/aromatic N) is 2. The molecule has 0 unspecified atom stereocenters. The average molecular weight is 358 g/mol. The van der Waals surface area contributed by atoms with E-state index in [-0.39, 0.29) is 11.5 Å². The van der Waals surface area contributed by atoms with Crippen LogP contribution in [0.25, 0.3) is 0 Å². The number of para-hydroxylation sites is 1. The minimum absolute atomic E-state index is 0.0559. The fraction of sp³-hybridized carbons (Fsp3) is 0.158. The molecule has 7 heteroatoms. The van der Waals surface area contributed by atoms with E-state index in [4.69, 9.17) is 0 Å². The lowest BCUT2D eigenvalue weighted by Crippen LogP contribution is -2.09. The zero-order valence-corrected chi connectivity index (χ0v) is 14.2. The molecule has 2 N–H and O–H groups in total. The molecular formula is C19H17F3N4. The normalized spacial score (nSPS) is 11.3. The van der Waals surface area contributed by atoms with E-state index in [2.05, 4.69) is 20.6 Å². The number of rotatable bonds is 4. The van der Waals surface area contributed by atoms with Crippen LogP contribution in [0.5, 0.6) is 0 Å². The van der Waals surface area contributed by atoms with E-state index in [1.54, 1.807) is 13.0 Å². The molecule has 3 aromatic rings. The quantitative estimate of drug-likeness (QED) is 0.637. The number of anilines is 4. The van der Waals surface area contributed by atoms with Gasteiger partial charge in [-0.15, -0.1) is 0 Å². The SMILES string of the molecule is Cc1cccc(Nc2cc(Nc3ccccc3C(F)(F)F)nc(C)n2)c1. The van der Waals surface area contributed by atoms with Gasteiger partial charge >= 0.3 is 6.18 Å². The van der Waals surface area contributed by atoms with E-state index < -0.39 is 11.7 Å². The predicted molar refractivity (Wildman–Crippen MR) is 96.0 cm³/mol. The van der Waals surface area contributed by atoms with Crippen LogP contribution in [0.1, 0.15) is 17.0 Å². The molecule has 1 heterocycles. The summed E-state index contributed by atoms with van der Waals surface area (Å²) >= 11 is 0. The topological polar surface area (TPSA) is 49.8 Å². The monoisotopic (exact) mass is 358 g/mol. The Kier molecular flexibility index (Phi) is 4.79. The first kappa shape index (κ1) is 17.7. The molecule has 0 saturated heterocycles. The van der Waals surface area contributed by atoms with Gasteiger partial charge in [0.2, 0.25) is 0 Å². The van der Waals surface area contributed by atoms with Gasteiger partial charge in [0.25, 0.3) is 0 Å². The fourth-order valence-electron chi connectivity index (χ4n) is 2.54. The van der Waals surface area contributed by atoms with Crippen LogP contribution < -0.4 is 10.6 Å². The fourth-order valence-corrected chi connectivity index (χ4v) is 2.54. The second-order valence-corrected chi connectivity index (χ2v) is 5.85. The van der Waals surface area contributed by atoms with Crippen molar-refractivity contribution < 1.29 is 13.2 Å². The highest BCUT2D eigenvalue weighted by atomic mass is 19.4. The van der Waals surface area contributed by atoms with E-state index in [1.807, 2.05) is 31.2 Å². The molecule has 0 radical (unpaired) electrons. The number of nitrogens with one attached hydrogen (secondary N) is 2. The Balaban J connectivity index is 1.89. The lowest BCUT2D eigenvalue weighted by atomic mass is 10.1. The number of benzene rings is 2. The third-order valence-corrected chi connectivity index (χ3v) is 3.62. The summed E-state index contributed by atoms with van der Waals surface area (Å²) in [6, 6.07) is 14.6. The van der Waals surface area contributed by atoms with Crippen molar-refractivity contribution in [2.45, 2.75) is 20.0 Å².